The van der Waals surface area contributed by atoms with Crippen molar-refractivity contribution in [1.29, 1.82) is 0 Å². The Morgan fingerprint density at radius 1 is 1.38 bits per heavy atom. The van der Waals surface area contributed by atoms with Gasteiger partial charge in [0.25, 0.3) is 5.91 Å². The minimum atomic E-state index is -0.310. The molecule has 110 valence electrons. The fourth-order valence-corrected chi connectivity index (χ4v) is 2.55. The molecule has 7 nitrogen and oxygen atoms in total. The Morgan fingerprint density at radius 3 is 2.76 bits per heavy atom. The lowest BCUT2D eigenvalue weighted by atomic mass is 9.96. The number of likely N-dealkylation sites (tertiary alicyclic amines) is 1. The van der Waals surface area contributed by atoms with Gasteiger partial charge in [-0.3, -0.25) is 4.79 Å². The number of hydrogen-bond donors (Lipinski definition) is 2. The van der Waals surface area contributed by atoms with Crippen molar-refractivity contribution in [1.82, 2.24) is 25.5 Å². The number of H-pyrrole nitrogens is 1. The quantitative estimate of drug-likeness (QED) is 0.848. The zero-order valence-electron chi connectivity index (χ0n) is 11.7. The topological polar surface area (TPSA) is 95.0 Å². The van der Waals surface area contributed by atoms with E-state index in [0.717, 1.165) is 5.56 Å². The highest BCUT2D eigenvalue weighted by Crippen LogP contribution is 2.20. The van der Waals surface area contributed by atoms with E-state index in [0.29, 0.717) is 30.9 Å². The number of nitrogens with zero attached hydrogens (tertiary/aromatic N) is 4. The summed E-state index contributed by atoms with van der Waals surface area (Å²) in [5.41, 5.74) is 1.44. The summed E-state index contributed by atoms with van der Waals surface area (Å²) >= 11 is 0. The van der Waals surface area contributed by atoms with E-state index in [4.69, 9.17) is 0 Å². The maximum absolute atomic E-state index is 12.4. The number of amides is 1. The summed E-state index contributed by atoms with van der Waals surface area (Å²) in [6, 6.07) is 7.15. The van der Waals surface area contributed by atoms with Crippen molar-refractivity contribution in [3.63, 3.8) is 0 Å². The molecule has 1 aliphatic heterocycles. The Hall–Kier alpha value is -2.28. The minimum absolute atomic E-state index is 0.00610. The number of aromatic nitrogens is 4. The first-order valence-electron chi connectivity index (χ1n) is 6.96. The zero-order chi connectivity index (χ0) is 14.8. The summed E-state index contributed by atoms with van der Waals surface area (Å²) in [7, 11) is 0. The van der Waals surface area contributed by atoms with Crippen LogP contribution in [0.15, 0.2) is 24.3 Å². The number of hydrogen-bond acceptors (Lipinski definition) is 5. The van der Waals surface area contributed by atoms with Gasteiger partial charge in [0.1, 0.15) is 0 Å². The van der Waals surface area contributed by atoms with Crippen LogP contribution in [-0.4, -0.2) is 55.7 Å². The van der Waals surface area contributed by atoms with Crippen LogP contribution in [0.3, 0.4) is 0 Å². The Bertz CT molecular complexity index is 611. The van der Waals surface area contributed by atoms with Crippen molar-refractivity contribution in [2.75, 3.05) is 13.1 Å². The molecule has 1 aromatic carbocycles. The Labute approximate surface area is 122 Å². The second-order valence-electron chi connectivity index (χ2n) is 5.40. The van der Waals surface area contributed by atoms with E-state index in [1.807, 2.05) is 6.92 Å². The van der Waals surface area contributed by atoms with Gasteiger partial charge in [0, 0.05) is 24.2 Å². The fourth-order valence-electron chi connectivity index (χ4n) is 2.55. The lowest BCUT2D eigenvalue weighted by Crippen LogP contribution is -2.44. The number of aromatic amines is 1. The molecule has 2 N–H and O–H groups in total. The second kappa shape index (κ2) is 5.61. The van der Waals surface area contributed by atoms with Crippen LogP contribution in [0.25, 0.3) is 11.4 Å². The smallest absolute Gasteiger partial charge is 0.253 e. The van der Waals surface area contributed by atoms with Gasteiger partial charge in [-0.15, -0.1) is 10.2 Å². The van der Waals surface area contributed by atoms with Crippen LogP contribution in [-0.2, 0) is 0 Å². The predicted molar refractivity (Wildman–Crippen MR) is 75.3 cm³/mol. The summed E-state index contributed by atoms with van der Waals surface area (Å²) in [4.78, 5) is 14.2. The van der Waals surface area contributed by atoms with Crippen molar-refractivity contribution in [2.45, 2.75) is 19.4 Å². The molecule has 2 atom stereocenters. The number of carbonyl (C=O) groups is 1. The standard InChI is InChI=1S/C14H17N5O2/c1-9-8-19(7-6-12(9)20)14(21)11-4-2-10(3-5-11)13-15-17-18-16-13/h2-5,9,12,20H,6-8H2,1H3,(H,15,16,17,18). The molecule has 0 saturated carbocycles. The number of piperidine rings is 1. The van der Waals surface area contributed by atoms with Gasteiger partial charge in [0.15, 0.2) is 0 Å². The number of aliphatic hydroxyl groups excluding tert-OH is 1. The van der Waals surface area contributed by atoms with E-state index in [2.05, 4.69) is 20.6 Å². The lowest BCUT2D eigenvalue weighted by Gasteiger charge is -2.34. The highest BCUT2D eigenvalue weighted by atomic mass is 16.3. The molecule has 1 saturated heterocycles. The molecule has 21 heavy (non-hydrogen) atoms. The van der Waals surface area contributed by atoms with Gasteiger partial charge in [-0.25, -0.2) is 0 Å². The van der Waals surface area contributed by atoms with Crippen molar-refractivity contribution in [2.24, 2.45) is 5.92 Å². The van der Waals surface area contributed by atoms with Crippen molar-refractivity contribution in [3.8, 4) is 11.4 Å². The van der Waals surface area contributed by atoms with Crippen molar-refractivity contribution >= 4 is 5.91 Å². The van der Waals surface area contributed by atoms with Gasteiger partial charge in [-0.05, 0) is 29.7 Å². The SMILES string of the molecule is CC1CN(C(=O)c2ccc(-c3nn[nH]n3)cc2)CCC1O. The second-order valence-corrected chi connectivity index (χ2v) is 5.40. The van der Waals surface area contributed by atoms with Crippen LogP contribution in [0, 0.1) is 5.92 Å². The first-order chi connectivity index (χ1) is 10.1. The number of carbonyl (C=O) groups excluding carboxylic acids is 1. The van der Waals surface area contributed by atoms with Crippen molar-refractivity contribution < 1.29 is 9.90 Å². The van der Waals surface area contributed by atoms with Gasteiger partial charge in [-0.1, -0.05) is 19.1 Å². The van der Waals surface area contributed by atoms with Gasteiger partial charge >= 0.3 is 0 Å². The first-order valence-corrected chi connectivity index (χ1v) is 6.96. The summed E-state index contributed by atoms with van der Waals surface area (Å²) in [5, 5.41) is 23.4. The Morgan fingerprint density at radius 2 is 2.14 bits per heavy atom. The van der Waals surface area contributed by atoms with E-state index < -0.39 is 0 Å². The van der Waals surface area contributed by atoms with Crippen LogP contribution in [0.1, 0.15) is 23.7 Å². The predicted octanol–water partition coefficient (Wildman–Crippen LogP) is 0.710. The van der Waals surface area contributed by atoms with Gasteiger partial charge < -0.3 is 10.0 Å². The molecule has 1 aromatic heterocycles. The van der Waals surface area contributed by atoms with Crippen LogP contribution in [0.5, 0.6) is 0 Å². The third kappa shape index (κ3) is 2.78. The number of aliphatic hydroxyl groups is 1. The maximum atomic E-state index is 12.4. The molecule has 2 heterocycles. The molecule has 0 radical (unpaired) electrons. The number of benzene rings is 1. The van der Waals surface area contributed by atoms with E-state index in [-0.39, 0.29) is 17.9 Å². The average molecular weight is 287 g/mol. The Balaban J connectivity index is 1.73. The normalized spacial score (nSPS) is 22.3. The minimum Gasteiger partial charge on any atom is -0.393 e. The molecule has 1 fully saturated rings. The monoisotopic (exact) mass is 287 g/mol. The highest BCUT2D eigenvalue weighted by Gasteiger charge is 2.27. The molecule has 0 bridgehead atoms. The van der Waals surface area contributed by atoms with Gasteiger partial charge in [-0.2, -0.15) is 5.21 Å². The van der Waals surface area contributed by atoms with Crippen molar-refractivity contribution in [3.05, 3.63) is 29.8 Å². The fraction of sp³-hybridized carbons (Fsp3) is 0.429. The average Bonchev–Trinajstić information content (AvgIpc) is 3.04. The Kier molecular flexibility index (Phi) is 3.66. The molecule has 2 aromatic rings. The van der Waals surface area contributed by atoms with Crippen LogP contribution >= 0.6 is 0 Å². The molecular weight excluding hydrogens is 270 g/mol. The summed E-state index contributed by atoms with van der Waals surface area (Å²) < 4.78 is 0. The molecular formula is C14H17N5O2. The first kappa shape index (κ1) is 13.7. The van der Waals surface area contributed by atoms with E-state index >= 15 is 0 Å². The molecule has 1 aliphatic rings. The summed E-state index contributed by atoms with van der Waals surface area (Å²) in [6.07, 6.45) is 0.322. The number of nitrogens with one attached hydrogen (secondary N) is 1. The molecule has 7 heteroatoms. The molecule has 1 amide bonds. The highest BCUT2D eigenvalue weighted by molar-refractivity contribution is 5.94. The van der Waals surface area contributed by atoms with E-state index in [1.54, 1.807) is 29.2 Å². The third-order valence-electron chi connectivity index (χ3n) is 3.88. The largest absolute Gasteiger partial charge is 0.393 e. The van der Waals surface area contributed by atoms with Crippen LogP contribution in [0.2, 0.25) is 0 Å². The zero-order valence-corrected chi connectivity index (χ0v) is 11.7. The molecule has 3 rings (SSSR count). The molecule has 2 unspecified atom stereocenters. The van der Waals surface area contributed by atoms with Gasteiger partial charge in [0.05, 0.1) is 6.10 Å². The number of tetrazole rings is 1. The third-order valence-corrected chi connectivity index (χ3v) is 3.88. The maximum Gasteiger partial charge on any atom is 0.253 e. The lowest BCUT2D eigenvalue weighted by molar-refractivity contribution is 0.0297. The summed E-state index contributed by atoms with van der Waals surface area (Å²) in [6.45, 7) is 3.15. The molecule has 0 aliphatic carbocycles. The van der Waals surface area contributed by atoms with Gasteiger partial charge in [0.2, 0.25) is 5.82 Å². The number of rotatable bonds is 2. The van der Waals surface area contributed by atoms with E-state index in [9.17, 15) is 9.90 Å². The molecule has 0 spiro atoms. The van der Waals surface area contributed by atoms with Crippen LogP contribution < -0.4 is 0 Å². The summed E-state index contributed by atoms with van der Waals surface area (Å²) in [5.74, 6) is 0.610. The van der Waals surface area contributed by atoms with E-state index in [1.165, 1.54) is 0 Å². The van der Waals surface area contributed by atoms with Crippen LogP contribution in [0.4, 0.5) is 0 Å².